The van der Waals surface area contributed by atoms with Crippen LogP contribution in [0, 0.1) is 28.6 Å². The number of esters is 1. The van der Waals surface area contributed by atoms with Gasteiger partial charge in [0.1, 0.15) is 0 Å². The molecule has 0 saturated carbocycles. The molecule has 0 saturated heterocycles. The van der Waals surface area contributed by atoms with Crippen LogP contribution in [0.4, 0.5) is 0 Å². The molecule has 1 amide bonds. The van der Waals surface area contributed by atoms with E-state index in [-0.39, 0.29) is 12.5 Å². The van der Waals surface area contributed by atoms with Gasteiger partial charge in [-0.25, -0.2) is 4.79 Å². The zero-order chi connectivity index (χ0) is 17.2. The molecule has 0 radical (unpaired) electrons. The lowest BCUT2D eigenvalue weighted by molar-refractivity contribution is -0.141. The first kappa shape index (κ1) is 16.8. The molecule has 0 spiro atoms. The highest BCUT2D eigenvalue weighted by molar-refractivity contribution is 6.14. The number of hydrogen-bond acceptors (Lipinski definition) is 4. The number of carbonyl (C=O) groups is 2. The Kier molecular flexibility index (Phi) is 4.55. The predicted octanol–water partition coefficient (Wildman–Crippen LogP) is 2.28. The molecule has 2 atom stereocenters. The van der Waals surface area contributed by atoms with Crippen molar-refractivity contribution in [2.75, 3.05) is 6.61 Å². The highest BCUT2D eigenvalue weighted by Crippen LogP contribution is 2.59. The van der Waals surface area contributed by atoms with Crippen LogP contribution in [0.3, 0.4) is 0 Å². The lowest BCUT2D eigenvalue weighted by atomic mass is 9.51. The van der Waals surface area contributed by atoms with Crippen molar-refractivity contribution in [2.45, 2.75) is 20.8 Å². The minimum atomic E-state index is -1.50. The van der Waals surface area contributed by atoms with Crippen LogP contribution >= 0.6 is 0 Å². The molecule has 0 aliphatic heterocycles. The fraction of sp³-hybridized carbons (Fsp3) is 0.389. The number of rotatable bonds is 5. The molecular weight excluding hydrogens is 292 g/mol. The van der Waals surface area contributed by atoms with E-state index in [0.717, 1.165) is 0 Å². The molecule has 2 rings (SSSR count). The van der Waals surface area contributed by atoms with E-state index in [9.17, 15) is 14.9 Å². The average molecular weight is 312 g/mol. The molecule has 0 bridgehead atoms. The molecule has 23 heavy (non-hydrogen) atoms. The smallest absolute Gasteiger partial charge is 0.334 e. The molecule has 5 heteroatoms. The standard InChI is InChI=1S/C18H20N2O3/c1-4-23-16(21)13-14(11(2)3)18(10-19,17(20)22)15(13)12-8-6-5-7-9-12/h5-9,11,14H,4H2,1-3H3,(H2,20,22). The minimum Gasteiger partial charge on any atom is -0.463 e. The summed E-state index contributed by atoms with van der Waals surface area (Å²) in [6.45, 7) is 5.67. The first-order chi connectivity index (χ1) is 10.9. The maximum absolute atomic E-state index is 12.4. The summed E-state index contributed by atoms with van der Waals surface area (Å²) in [5, 5.41) is 9.75. The van der Waals surface area contributed by atoms with Crippen LogP contribution in [0.5, 0.6) is 0 Å². The summed E-state index contributed by atoms with van der Waals surface area (Å²) in [6.07, 6.45) is 0. The monoisotopic (exact) mass is 312 g/mol. The first-order valence-corrected chi connectivity index (χ1v) is 7.60. The zero-order valence-electron chi connectivity index (χ0n) is 13.5. The molecule has 2 N–H and O–H groups in total. The normalized spacial score (nSPS) is 23.2. The Morgan fingerprint density at radius 3 is 2.39 bits per heavy atom. The summed E-state index contributed by atoms with van der Waals surface area (Å²) < 4.78 is 5.14. The molecule has 0 aromatic heterocycles. The minimum absolute atomic E-state index is 0.103. The van der Waals surface area contributed by atoms with Gasteiger partial charge in [0.25, 0.3) is 0 Å². The second-order valence-corrected chi connectivity index (χ2v) is 5.88. The van der Waals surface area contributed by atoms with Crippen LogP contribution < -0.4 is 5.73 Å². The third-order valence-electron chi connectivity index (χ3n) is 4.23. The zero-order valence-corrected chi connectivity index (χ0v) is 13.5. The molecule has 1 aliphatic carbocycles. The number of nitrogens with zero attached hydrogens (tertiary/aromatic N) is 1. The molecule has 1 aliphatic rings. The second-order valence-electron chi connectivity index (χ2n) is 5.88. The Morgan fingerprint density at radius 2 is 1.96 bits per heavy atom. The number of benzene rings is 1. The number of amides is 1. The molecule has 0 fully saturated rings. The van der Waals surface area contributed by atoms with Gasteiger partial charge in [-0.3, -0.25) is 4.79 Å². The van der Waals surface area contributed by atoms with Gasteiger partial charge >= 0.3 is 5.97 Å². The lowest BCUT2D eigenvalue weighted by Crippen LogP contribution is -2.54. The Morgan fingerprint density at radius 1 is 1.35 bits per heavy atom. The Balaban J connectivity index is 2.75. The van der Waals surface area contributed by atoms with E-state index >= 15 is 0 Å². The Hall–Kier alpha value is -2.61. The van der Waals surface area contributed by atoms with Gasteiger partial charge < -0.3 is 10.5 Å². The van der Waals surface area contributed by atoms with Gasteiger partial charge in [0.05, 0.1) is 12.7 Å². The van der Waals surface area contributed by atoms with Crippen LogP contribution in [-0.4, -0.2) is 18.5 Å². The van der Waals surface area contributed by atoms with Crippen molar-refractivity contribution in [1.82, 2.24) is 0 Å². The third-order valence-corrected chi connectivity index (χ3v) is 4.23. The van der Waals surface area contributed by atoms with Crippen LogP contribution in [-0.2, 0) is 14.3 Å². The van der Waals surface area contributed by atoms with Crippen molar-refractivity contribution < 1.29 is 14.3 Å². The highest BCUT2D eigenvalue weighted by atomic mass is 16.5. The van der Waals surface area contributed by atoms with Crippen molar-refractivity contribution in [3.63, 3.8) is 0 Å². The summed E-state index contributed by atoms with van der Waals surface area (Å²) >= 11 is 0. The van der Waals surface area contributed by atoms with Crippen LogP contribution in [0.25, 0.3) is 5.57 Å². The van der Waals surface area contributed by atoms with Crippen LogP contribution in [0.2, 0.25) is 0 Å². The van der Waals surface area contributed by atoms with Gasteiger partial charge in [0.15, 0.2) is 5.41 Å². The molecule has 0 heterocycles. The average Bonchev–Trinajstić information content (AvgIpc) is 2.47. The van der Waals surface area contributed by atoms with Gasteiger partial charge in [0, 0.05) is 17.1 Å². The molecule has 1 aromatic carbocycles. The van der Waals surface area contributed by atoms with E-state index < -0.39 is 23.2 Å². The number of nitriles is 1. The van der Waals surface area contributed by atoms with Crippen molar-refractivity contribution in [3.8, 4) is 6.07 Å². The largest absolute Gasteiger partial charge is 0.463 e. The fourth-order valence-corrected chi connectivity index (χ4v) is 3.38. The molecule has 120 valence electrons. The van der Waals surface area contributed by atoms with E-state index in [1.54, 1.807) is 31.2 Å². The number of carbonyl (C=O) groups excluding carboxylic acids is 2. The maximum Gasteiger partial charge on any atom is 0.334 e. The van der Waals surface area contributed by atoms with E-state index in [1.807, 2.05) is 19.9 Å². The van der Waals surface area contributed by atoms with Gasteiger partial charge in [-0.15, -0.1) is 0 Å². The maximum atomic E-state index is 12.4. The number of primary amides is 1. The van der Waals surface area contributed by atoms with Crippen molar-refractivity contribution in [1.29, 1.82) is 5.26 Å². The predicted molar refractivity (Wildman–Crippen MR) is 85.6 cm³/mol. The highest BCUT2D eigenvalue weighted by Gasteiger charge is 2.62. The Bertz CT molecular complexity index is 701. The third kappa shape index (κ3) is 2.40. The SMILES string of the molecule is CCOC(=O)C1=C(c2ccccc2)C(C#N)(C(N)=O)C1C(C)C. The quantitative estimate of drug-likeness (QED) is 0.844. The van der Waals surface area contributed by atoms with Crippen molar-refractivity contribution >= 4 is 17.4 Å². The van der Waals surface area contributed by atoms with Crippen LogP contribution in [0.1, 0.15) is 26.3 Å². The number of nitrogens with two attached hydrogens (primary N) is 1. The van der Waals surface area contributed by atoms with E-state index in [2.05, 4.69) is 6.07 Å². The topological polar surface area (TPSA) is 93.2 Å². The van der Waals surface area contributed by atoms with E-state index in [0.29, 0.717) is 16.7 Å². The molecular formula is C18H20N2O3. The number of hydrogen-bond donors (Lipinski definition) is 1. The Labute approximate surface area is 135 Å². The van der Waals surface area contributed by atoms with Gasteiger partial charge in [-0.05, 0) is 18.4 Å². The lowest BCUT2D eigenvalue weighted by Gasteiger charge is -2.47. The van der Waals surface area contributed by atoms with E-state index in [1.165, 1.54) is 0 Å². The van der Waals surface area contributed by atoms with Gasteiger partial charge in [0.2, 0.25) is 5.91 Å². The van der Waals surface area contributed by atoms with Crippen molar-refractivity contribution in [3.05, 3.63) is 41.5 Å². The van der Waals surface area contributed by atoms with Crippen molar-refractivity contribution in [2.24, 2.45) is 23.0 Å². The van der Waals surface area contributed by atoms with Gasteiger partial charge in [-0.2, -0.15) is 5.26 Å². The fourth-order valence-electron chi connectivity index (χ4n) is 3.38. The summed E-state index contributed by atoms with van der Waals surface area (Å²) in [5.74, 6) is -1.89. The summed E-state index contributed by atoms with van der Waals surface area (Å²) in [5.41, 5.74) is 5.49. The summed E-state index contributed by atoms with van der Waals surface area (Å²) in [4.78, 5) is 24.6. The van der Waals surface area contributed by atoms with Gasteiger partial charge in [-0.1, -0.05) is 44.2 Å². The van der Waals surface area contributed by atoms with Crippen LogP contribution in [0.15, 0.2) is 35.9 Å². The molecule has 1 aromatic rings. The first-order valence-electron chi connectivity index (χ1n) is 7.60. The molecule has 2 unspecified atom stereocenters. The molecule has 5 nitrogen and oxygen atoms in total. The number of ether oxygens (including phenoxy) is 1. The summed E-state index contributed by atoms with van der Waals surface area (Å²) in [7, 11) is 0. The summed E-state index contributed by atoms with van der Waals surface area (Å²) in [6, 6.07) is 11.0. The second kappa shape index (κ2) is 6.25. The van der Waals surface area contributed by atoms with E-state index in [4.69, 9.17) is 10.5 Å².